The van der Waals surface area contributed by atoms with Gasteiger partial charge in [0.2, 0.25) is 6.41 Å². The number of likely N-dealkylation sites (tertiary alicyclic amines) is 1. The second-order valence-corrected chi connectivity index (χ2v) is 12.8. The Morgan fingerprint density at radius 2 is 1.71 bits per heavy atom. The predicted octanol–water partition coefficient (Wildman–Crippen LogP) is 5.43. The number of nitrogens with zero attached hydrogens (tertiary/aromatic N) is 2. The maximum absolute atomic E-state index is 12.2. The van der Waals surface area contributed by atoms with Gasteiger partial charge in [-0.2, -0.15) is 13.2 Å². The third kappa shape index (κ3) is 16.6. The van der Waals surface area contributed by atoms with Crippen molar-refractivity contribution in [2.75, 3.05) is 20.7 Å². The van der Waals surface area contributed by atoms with Gasteiger partial charge in [-0.3, -0.25) is 14.5 Å². The van der Waals surface area contributed by atoms with Crippen LogP contribution in [0.15, 0.2) is 23.0 Å². The van der Waals surface area contributed by atoms with Crippen molar-refractivity contribution in [3.63, 3.8) is 0 Å². The summed E-state index contributed by atoms with van der Waals surface area (Å²) in [5.74, 6) is 0.224. The molecule has 2 aliphatic rings. The van der Waals surface area contributed by atoms with Gasteiger partial charge < -0.3 is 37.6 Å². The normalized spacial score (nSPS) is 18.3. The Labute approximate surface area is 294 Å². The number of hydrogen-bond donors (Lipinski definition) is 3. The topological polar surface area (TPSA) is 156 Å². The monoisotopic (exact) mass is 722 g/mol. The first-order valence-electron chi connectivity index (χ1n) is 15.7. The fourth-order valence-corrected chi connectivity index (χ4v) is 5.33. The number of amides is 1. The fourth-order valence-electron chi connectivity index (χ4n) is 5.33. The van der Waals surface area contributed by atoms with E-state index in [2.05, 4.69) is 15.7 Å². The van der Waals surface area contributed by atoms with Gasteiger partial charge >= 0.3 is 6.18 Å². The van der Waals surface area contributed by atoms with Gasteiger partial charge in [-0.25, -0.2) is 4.98 Å². The Morgan fingerprint density at radius 1 is 1.10 bits per heavy atom. The van der Waals surface area contributed by atoms with Crippen LogP contribution in [0.4, 0.5) is 13.2 Å². The van der Waals surface area contributed by atoms with Crippen molar-refractivity contribution in [2.45, 2.75) is 103 Å². The van der Waals surface area contributed by atoms with Gasteiger partial charge in [0, 0.05) is 24.6 Å². The van der Waals surface area contributed by atoms with Crippen molar-refractivity contribution in [1.29, 1.82) is 0 Å². The minimum Gasteiger partial charge on any atom is -0.497 e. The van der Waals surface area contributed by atoms with E-state index in [9.17, 15) is 27.6 Å². The quantitative estimate of drug-likeness (QED) is 0.176. The second-order valence-electron chi connectivity index (χ2n) is 12.8. The molecule has 4 N–H and O–H groups in total. The van der Waals surface area contributed by atoms with Gasteiger partial charge in [0.05, 0.1) is 30.1 Å². The van der Waals surface area contributed by atoms with E-state index in [1.165, 1.54) is 56.9 Å². The van der Waals surface area contributed by atoms with E-state index in [1.807, 2.05) is 39.0 Å². The molecular weight excluding hydrogens is 668 g/mol. The first kappa shape index (κ1) is 47.4. The summed E-state index contributed by atoms with van der Waals surface area (Å²) in [5.41, 5.74) is 6.01. The number of primary amides is 1. The summed E-state index contributed by atoms with van der Waals surface area (Å²) in [4.78, 5) is 49.8. The number of aryl methyl sites for hydroxylation is 1. The standard InChI is InChI=1S/C19H26N2O2.C7H10F3NO.C6H12O2.CH3NO.CH3.V/c1-23-15-11-12-16-18(13-15)21-19(22)17(20-16)10-4-2-3-7-14-8-5-6-9-14;1-11-3-2-5(6(11)4-12)7(8,9)10;1-6(2,3)5(8)4-7;2-1-3;;/h11-14H,2-10H2,1H3,(H,21,22);4-6H,2-3H2,1H3;4-5,8H,1-3H3;1H,(H2,2,3);1H3;/q;;;;-1;/t;;5-;;;/m..1.../s1. The molecule has 3 atom stereocenters. The molecule has 1 saturated heterocycles. The number of aromatic nitrogens is 2. The van der Waals surface area contributed by atoms with Crippen LogP contribution in [-0.4, -0.2) is 78.0 Å². The van der Waals surface area contributed by atoms with Crippen molar-refractivity contribution in [3.05, 3.63) is 41.7 Å². The maximum atomic E-state index is 12.2. The zero-order chi connectivity index (χ0) is 34.9. The number of aldehydes is 2. The second kappa shape index (κ2) is 23.6. The van der Waals surface area contributed by atoms with Crippen molar-refractivity contribution >= 4 is 30.0 Å². The van der Waals surface area contributed by atoms with Crippen LogP contribution in [0.3, 0.4) is 0 Å². The SMILES string of the molecule is CC(C)(C)[C@H](O)C=O.CN1CCC(C(F)(F)F)C1C=O.COc1ccc2nc(CCCCCC3CCCC3)c(=O)[nH]c2c1.NC=O.[CH3-].[V]. The van der Waals surface area contributed by atoms with Crippen LogP contribution in [-0.2, 0) is 39.4 Å². The first-order valence-corrected chi connectivity index (χ1v) is 15.7. The number of carbonyl (C=O) groups is 3. The van der Waals surface area contributed by atoms with Crippen LogP contribution in [0.25, 0.3) is 11.0 Å². The number of nitrogens with one attached hydrogen (secondary N) is 1. The molecule has 1 aromatic heterocycles. The summed E-state index contributed by atoms with van der Waals surface area (Å²) in [6.45, 7) is 5.78. The maximum Gasteiger partial charge on any atom is 0.393 e. The van der Waals surface area contributed by atoms with Crippen LogP contribution < -0.4 is 16.0 Å². The van der Waals surface area contributed by atoms with Crippen molar-refractivity contribution < 1.29 is 56.0 Å². The van der Waals surface area contributed by atoms with Crippen LogP contribution in [0.5, 0.6) is 5.75 Å². The van der Waals surface area contributed by atoms with E-state index in [1.54, 1.807) is 7.11 Å². The molecule has 48 heavy (non-hydrogen) atoms. The zero-order valence-electron chi connectivity index (χ0n) is 29.1. The fraction of sp³-hybridized carbons (Fsp3) is 0.647. The van der Waals surface area contributed by atoms with Crippen molar-refractivity contribution in [1.82, 2.24) is 14.9 Å². The number of halogens is 3. The molecule has 10 nitrogen and oxygen atoms in total. The molecule has 0 bridgehead atoms. The van der Waals surface area contributed by atoms with Crippen molar-refractivity contribution in [2.24, 2.45) is 23.0 Å². The summed E-state index contributed by atoms with van der Waals surface area (Å²) in [6.07, 6.45) is 7.50. The third-order valence-electron chi connectivity index (χ3n) is 8.26. The van der Waals surface area contributed by atoms with Crippen LogP contribution in [0.2, 0.25) is 0 Å². The number of likely N-dealkylation sites (N-methyl/N-ethyl adjacent to an activating group) is 1. The summed E-state index contributed by atoms with van der Waals surface area (Å²) < 4.78 is 41.7. The molecule has 1 radical (unpaired) electrons. The number of aromatic amines is 1. The zero-order valence-corrected chi connectivity index (χ0v) is 30.5. The smallest absolute Gasteiger partial charge is 0.393 e. The Hall–Kier alpha value is -2.74. The molecular formula is C34H54F3N4O6V-. The van der Waals surface area contributed by atoms with Crippen LogP contribution in [0, 0.1) is 24.7 Å². The number of hydrogen-bond acceptors (Lipinski definition) is 8. The molecule has 2 unspecified atom stereocenters. The van der Waals surface area contributed by atoms with E-state index < -0.39 is 24.2 Å². The Balaban J connectivity index is 0. The number of carbonyl (C=O) groups excluding carboxylic acids is 3. The van der Waals surface area contributed by atoms with E-state index in [-0.39, 0.29) is 49.8 Å². The van der Waals surface area contributed by atoms with E-state index in [0.29, 0.717) is 24.8 Å². The molecule has 0 spiro atoms. The molecule has 2 heterocycles. The number of aliphatic hydroxyl groups is 1. The molecule has 273 valence electrons. The van der Waals surface area contributed by atoms with Gasteiger partial charge in [-0.15, -0.1) is 0 Å². The molecule has 14 heteroatoms. The van der Waals surface area contributed by atoms with Gasteiger partial charge in [0.25, 0.3) is 5.56 Å². The minimum absolute atomic E-state index is 0. The molecule has 4 rings (SSSR count). The van der Waals surface area contributed by atoms with Gasteiger partial charge in [-0.05, 0) is 56.3 Å². The molecule has 1 aliphatic heterocycles. The van der Waals surface area contributed by atoms with Crippen molar-refractivity contribution in [3.8, 4) is 5.75 Å². The number of H-pyrrole nitrogens is 1. The third-order valence-corrected chi connectivity index (χ3v) is 8.26. The number of rotatable bonds is 9. The number of methoxy groups -OCH3 is 1. The number of unbranched alkanes of at least 4 members (excludes halogenated alkanes) is 2. The molecule has 2 fully saturated rings. The summed E-state index contributed by atoms with van der Waals surface area (Å²) in [7, 11) is 3.15. The number of nitrogens with two attached hydrogens (primary N) is 1. The van der Waals surface area contributed by atoms with E-state index in [4.69, 9.17) is 14.6 Å². The number of ether oxygens (including phenoxy) is 1. The Kier molecular flexibility index (Phi) is 23.3. The van der Waals surface area contributed by atoms with E-state index >= 15 is 0 Å². The number of fused-ring (bicyclic) bond motifs is 1. The molecule has 1 aromatic carbocycles. The predicted molar refractivity (Wildman–Crippen MR) is 178 cm³/mol. The van der Waals surface area contributed by atoms with Gasteiger partial charge in [0.1, 0.15) is 30.1 Å². The molecule has 1 aliphatic carbocycles. The number of benzene rings is 1. The molecule has 1 amide bonds. The van der Waals surface area contributed by atoms with E-state index in [0.717, 1.165) is 35.5 Å². The van der Waals surface area contributed by atoms with Gasteiger partial charge in [0.15, 0.2) is 0 Å². The first-order chi connectivity index (χ1) is 21.6. The van der Waals surface area contributed by atoms with Gasteiger partial charge in [-0.1, -0.05) is 65.7 Å². The molecule has 2 aromatic rings. The number of aliphatic hydroxyl groups excluding tert-OH is 1. The Bertz CT molecular complexity index is 1270. The Morgan fingerprint density at radius 3 is 2.17 bits per heavy atom. The largest absolute Gasteiger partial charge is 0.497 e. The minimum atomic E-state index is -4.24. The summed E-state index contributed by atoms with van der Waals surface area (Å²) >= 11 is 0. The summed E-state index contributed by atoms with van der Waals surface area (Å²) in [6, 6.07) is 4.60. The summed E-state index contributed by atoms with van der Waals surface area (Å²) in [5, 5.41) is 8.83. The molecule has 1 saturated carbocycles. The average Bonchev–Trinajstić information content (AvgIpc) is 3.66. The number of alkyl halides is 3. The average molecular weight is 723 g/mol. The van der Waals surface area contributed by atoms with Crippen LogP contribution in [0.1, 0.15) is 84.3 Å². The van der Waals surface area contributed by atoms with Crippen LogP contribution >= 0.6 is 0 Å².